The van der Waals surface area contributed by atoms with Gasteiger partial charge in [-0.2, -0.15) is 0 Å². The maximum absolute atomic E-state index is 13.2. The highest BCUT2D eigenvalue weighted by Gasteiger charge is 2.24. The molecule has 0 aromatic carbocycles. The maximum Gasteiger partial charge on any atom is 0.263 e. The van der Waals surface area contributed by atoms with Crippen LogP contribution in [0.1, 0.15) is 44.1 Å². The molecular weight excluding hydrogens is 390 g/mol. The Morgan fingerprint density at radius 3 is 3.00 bits per heavy atom. The van der Waals surface area contributed by atoms with E-state index >= 15 is 0 Å². The van der Waals surface area contributed by atoms with Crippen molar-refractivity contribution < 1.29 is 4.79 Å². The van der Waals surface area contributed by atoms with E-state index in [4.69, 9.17) is 4.98 Å². The molecule has 1 aliphatic carbocycles. The van der Waals surface area contributed by atoms with E-state index < -0.39 is 0 Å². The van der Waals surface area contributed by atoms with Crippen LogP contribution in [0, 0.1) is 11.8 Å². The largest absolute Gasteiger partial charge is 0.355 e. The third kappa shape index (κ3) is 4.69. The first-order valence-electron chi connectivity index (χ1n) is 9.96. The van der Waals surface area contributed by atoms with Crippen LogP contribution in [0.25, 0.3) is 10.2 Å². The predicted molar refractivity (Wildman–Crippen MR) is 118 cm³/mol. The Morgan fingerprint density at radius 2 is 2.29 bits per heavy atom. The zero-order valence-electron chi connectivity index (χ0n) is 16.9. The molecule has 2 aromatic rings. The van der Waals surface area contributed by atoms with Crippen molar-refractivity contribution in [2.45, 2.75) is 58.2 Å². The molecule has 1 N–H and O–H groups in total. The lowest BCUT2D eigenvalue weighted by Gasteiger charge is -2.17. The molecule has 0 bridgehead atoms. The second kappa shape index (κ2) is 9.27. The van der Waals surface area contributed by atoms with Gasteiger partial charge < -0.3 is 5.32 Å². The van der Waals surface area contributed by atoms with Crippen molar-refractivity contribution in [3.05, 3.63) is 33.4 Å². The predicted octanol–water partition coefficient (Wildman–Crippen LogP) is 4.02. The first-order chi connectivity index (χ1) is 13.4. The minimum atomic E-state index is -0.0237. The number of aromatic nitrogens is 2. The zero-order chi connectivity index (χ0) is 20.3. The second-order valence-electron chi connectivity index (χ2n) is 7.95. The monoisotopic (exact) mass is 419 g/mol. The minimum absolute atomic E-state index is 0.000306. The van der Waals surface area contributed by atoms with Crippen LogP contribution in [0.3, 0.4) is 0 Å². The number of thiophene rings is 1. The van der Waals surface area contributed by atoms with Crippen LogP contribution in [0.15, 0.2) is 22.6 Å². The molecule has 0 unspecified atom stereocenters. The quantitative estimate of drug-likeness (QED) is 0.399. The van der Waals surface area contributed by atoms with Crippen LogP contribution in [0.4, 0.5) is 0 Å². The summed E-state index contributed by atoms with van der Waals surface area (Å²) in [6, 6.07) is 0. The van der Waals surface area contributed by atoms with Gasteiger partial charge in [0.2, 0.25) is 5.91 Å². The van der Waals surface area contributed by atoms with Crippen LogP contribution in [0.5, 0.6) is 0 Å². The highest BCUT2D eigenvalue weighted by Crippen LogP contribution is 2.36. The van der Waals surface area contributed by atoms with Gasteiger partial charge in [-0.05, 0) is 43.1 Å². The van der Waals surface area contributed by atoms with Crippen molar-refractivity contribution in [3.8, 4) is 0 Å². The summed E-state index contributed by atoms with van der Waals surface area (Å²) < 4.78 is 1.66. The van der Waals surface area contributed by atoms with Crippen LogP contribution in [0.2, 0.25) is 0 Å². The molecule has 5 nitrogen and oxygen atoms in total. The number of thioether (sulfide) groups is 1. The van der Waals surface area contributed by atoms with Gasteiger partial charge >= 0.3 is 0 Å². The topological polar surface area (TPSA) is 64.0 Å². The van der Waals surface area contributed by atoms with Gasteiger partial charge in [0.15, 0.2) is 5.16 Å². The molecule has 1 amide bonds. The Labute approximate surface area is 174 Å². The van der Waals surface area contributed by atoms with Crippen molar-refractivity contribution in [3.63, 3.8) is 0 Å². The van der Waals surface area contributed by atoms with Gasteiger partial charge in [-0.3, -0.25) is 14.2 Å². The van der Waals surface area contributed by atoms with Crippen molar-refractivity contribution >= 4 is 39.2 Å². The van der Waals surface area contributed by atoms with Crippen molar-refractivity contribution in [2.75, 3.05) is 12.3 Å². The van der Waals surface area contributed by atoms with Gasteiger partial charge in [-0.15, -0.1) is 17.9 Å². The Bertz CT molecular complexity index is 930. The molecule has 3 rings (SSSR count). The van der Waals surface area contributed by atoms with E-state index in [2.05, 4.69) is 32.7 Å². The fourth-order valence-corrected chi connectivity index (χ4v) is 5.75. The number of nitrogens with one attached hydrogen (secondary N) is 1. The molecule has 1 atom stereocenters. The molecular formula is C21H29N3O2S2. The lowest BCUT2D eigenvalue weighted by Crippen LogP contribution is -2.28. The van der Waals surface area contributed by atoms with Crippen molar-refractivity contribution in [2.24, 2.45) is 11.8 Å². The molecule has 2 aromatic heterocycles. The Morgan fingerprint density at radius 1 is 1.50 bits per heavy atom. The van der Waals surface area contributed by atoms with Crippen molar-refractivity contribution in [1.82, 2.24) is 14.9 Å². The third-order valence-electron chi connectivity index (χ3n) is 5.07. The molecule has 0 saturated heterocycles. The Balaban J connectivity index is 1.85. The highest BCUT2D eigenvalue weighted by atomic mass is 32.2. The molecule has 0 radical (unpaired) electrons. The molecule has 0 aliphatic heterocycles. The number of hydrogen-bond acceptors (Lipinski definition) is 5. The number of carbonyl (C=O) groups excluding carboxylic acids is 1. The molecule has 0 saturated carbocycles. The van der Waals surface area contributed by atoms with Gasteiger partial charge in [0.25, 0.3) is 5.56 Å². The molecule has 0 spiro atoms. The lowest BCUT2D eigenvalue weighted by atomic mass is 9.89. The number of rotatable bonds is 8. The van der Waals surface area contributed by atoms with Gasteiger partial charge in [0, 0.05) is 18.0 Å². The van der Waals surface area contributed by atoms with Crippen molar-refractivity contribution in [1.29, 1.82) is 0 Å². The van der Waals surface area contributed by atoms with E-state index in [1.54, 1.807) is 22.0 Å². The molecule has 1 aliphatic rings. The molecule has 0 fully saturated rings. The summed E-state index contributed by atoms with van der Waals surface area (Å²) in [5.74, 6) is 1.45. The van der Waals surface area contributed by atoms with E-state index in [1.165, 1.54) is 22.2 Å². The standard InChI is InChI=1S/C21H29N3O2S2/c1-5-10-24-20(26)18-15-7-6-14(4)11-16(15)28-19(18)23-21(24)27-12-17(25)22-9-8-13(2)3/h5,13-14H,1,6-12H2,2-4H3,(H,22,25)/t14-/m1/s1. The number of fused-ring (bicyclic) bond motifs is 3. The fraction of sp³-hybridized carbons (Fsp3) is 0.571. The van der Waals surface area contributed by atoms with Gasteiger partial charge in [-0.25, -0.2) is 4.98 Å². The zero-order valence-corrected chi connectivity index (χ0v) is 18.5. The number of nitrogens with zero attached hydrogens (tertiary/aromatic N) is 2. The summed E-state index contributed by atoms with van der Waals surface area (Å²) in [6.07, 6.45) is 5.76. The summed E-state index contributed by atoms with van der Waals surface area (Å²) in [5.41, 5.74) is 1.19. The van der Waals surface area contributed by atoms with Crippen LogP contribution >= 0.6 is 23.1 Å². The Kier molecular flexibility index (Phi) is 6.99. The number of hydrogen-bond donors (Lipinski definition) is 1. The average molecular weight is 420 g/mol. The summed E-state index contributed by atoms with van der Waals surface area (Å²) in [7, 11) is 0. The van der Waals surface area contributed by atoms with E-state index in [9.17, 15) is 9.59 Å². The van der Waals surface area contributed by atoms with E-state index in [0.29, 0.717) is 30.1 Å². The minimum Gasteiger partial charge on any atom is -0.355 e. The first kappa shape index (κ1) is 21.1. The second-order valence-corrected chi connectivity index (χ2v) is 9.98. The number of amides is 1. The maximum atomic E-state index is 13.2. The number of allylic oxidation sites excluding steroid dienone is 1. The normalized spacial score (nSPS) is 16.4. The van der Waals surface area contributed by atoms with E-state index in [-0.39, 0.29) is 17.2 Å². The van der Waals surface area contributed by atoms with E-state index in [0.717, 1.165) is 35.9 Å². The molecule has 28 heavy (non-hydrogen) atoms. The SMILES string of the molecule is C=CCn1c(SCC(=O)NCCC(C)C)nc2sc3c(c2c1=O)CC[C@@H](C)C3. The first-order valence-corrected chi connectivity index (χ1v) is 11.8. The van der Waals surface area contributed by atoms with Gasteiger partial charge in [0.05, 0.1) is 11.1 Å². The van der Waals surface area contributed by atoms with Crippen LogP contribution < -0.4 is 10.9 Å². The summed E-state index contributed by atoms with van der Waals surface area (Å²) in [4.78, 5) is 32.3. The van der Waals surface area contributed by atoms with E-state index in [1.807, 2.05) is 0 Å². The number of aryl methyl sites for hydroxylation is 1. The summed E-state index contributed by atoms with van der Waals surface area (Å²) in [5, 5.41) is 4.32. The fourth-order valence-electron chi connectivity index (χ4n) is 3.49. The van der Waals surface area contributed by atoms with Crippen LogP contribution in [-0.2, 0) is 24.2 Å². The van der Waals surface area contributed by atoms with Crippen LogP contribution in [-0.4, -0.2) is 27.8 Å². The molecule has 152 valence electrons. The Hall–Kier alpha value is -1.60. The summed E-state index contributed by atoms with van der Waals surface area (Å²) >= 11 is 2.97. The van der Waals surface area contributed by atoms with Gasteiger partial charge in [-0.1, -0.05) is 38.6 Å². The molecule has 2 heterocycles. The smallest absolute Gasteiger partial charge is 0.263 e. The summed E-state index contributed by atoms with van der Waals surface area (Å²) in [6.45, 7) is 11.4. The van der Waals surface area contributed by atoms with Gasteiger partial charge in [0.1, 0.15) is 4.83 Å². The third-order valence-corrected chi connectivity index (χ3v) is 7.19. The molecule has 7 heteroatoms. The average Bonchev–Trinajstić information content (AvgIpc) is 2.99. The highest BCUT2D eigenvalue weighted by molar-refractivity contribution is 7.99. The lowest BCUT2D eigenvalue weighted by molar-refractivity contribution is -0.118. The number of carbonyl (C=O) groups is 1.